The van der Waals surface area contributed by atoms with E-state index in [1.807, 2.05) is 19.0 Å². The molecule has 1 aliphatic rings. The molecule has 0 N–H and O–H groups in total. The van der Waals surface area contributed by atoms with Gasteiger partial charge in [-0.15, -0.1) is 0 Å². The van der Waals surface area contributed by atoms with Gasteiger partial charge in [-0.1, -0.05) is 0 Å². The van der Waals surface area contributed by atoms with E-state index < -0.39 is 0 Å². The van der Waals surface area contributed by atoms with Gasteiger partial charge in [0.25, 0.3) is 0 Å². The van der Waals surface area contributed by atoms with Crippen LogP contribution in [0.25, 0.3) is 0 Å². The van der Waals surface area contributed by atoms with Crippen molar-refractivity contribution in [3.63, 3.8) is 0 Å². The Bertz CT molecular complexity index is 110. The van der Waals surface area contributed by atoms with Gasteiger partial charge in [0.05, 0.1) is 12.6 Å². The highest BCUT2D eigenvalue weighted by atomic mass is 16.8. The average Bonchev–Trinajstić information content (AvgIpc) is 2.46. The molecule has 0 spiro atoms. The standard InChI is InChI=1S/C6H12BNO2/c1-8(2)3-4-9-6-5(7)10-6/h5-6H,3-4H2,1-2H3. The van der Waals surface area contributed by atoms with Crippen LogP contribution in [0.5, 0.6) is 0 Å². The lowest BCUT2D eigenvalue weighted by Crippen LogP contribution is -2.19. The van der Waals surface area contributed by atoms with E-state index in [1.54, 1.807) is 0 Å². The fraction of sp³-hybridized carbons (Fsp3) is 1.00. The minimum atomic E-state index is -0.179. The number of ether oxygens (including phenoxy) is 2. The van der Waals surface area contributed by atoms with Crippen molar-refractivity contribution in [3.8, 4) is 0 Å². The maximum absolute atomic E-state index is 5.32. The van der Waals surface area contributed by atoms with Crippen molar-refractivity contribution in [1.82, 2.24) is 4.90 Å². The third-order valence-corrected chi connectivity index (χ3v) is 1.30. The van der Waals surface area contributed by atoms with Gasteiger partial charge in [0.15, 0.2) is 6.29 Å². The molecule has 4 heteroatoms. The molecule has 1 aliphatic heterocycles. The molecule has 1 rings (SSSR count). The summed E-state index contributed by atoms with van der Waals surface area (Å²) in [5, 5.41) is 0. The lowest BCUT2D eigenvalue weighted by molar-refractivity contribution is 0.0421. The Morgan fingerprint density at radius 1 is 1.60 bits per heavy atom. The van der Waals surface area contributed by atoms with Gasteiger partial charge < -0.3 is 14.4 Å². The van der Waals surface area contributed by atoms with E-state index in [0.717, 1.165) is 6.54 Å². The van der Waals surface area contributed by atoms with Gasteiger partial charge in [-0.3, -0.25) is 0 Å². The molecular weight excluding hydrogens is 129 g/mol. The van der Waals surface area contributed by atoms with Crippen LogP contribution in [0.1, 0.15) is 0 Å². The van der Waals surface area contributed by atoms with Crippen LogP contribution in [0.2, 0.25) is 0 Å². The summed E-state index contributed by atoms with van der Waals surface area (Å²) in [6.45, 7) is 1.60. The Kier molecular flexibility index (Phi) is 2.71. The zero-order chi connectivity index (χ0) is 7.56. The second kappa shape index (κ2) is 3.37. The first-order valence-corrected chi connectivity index (χ1v) is 3.37. The van der Waals surface area contributed by atoms with Gasteiger partial charge >= 0.3 is 0 Å². The molecular formula is C6H12BNO2. The first kappa shape index (κ1) is 8.05. The second-order valence-electron chi connectivity index (χ2n) is 2.64. The molecule has 1 fully saturated rings. The normalized spacial score (nSPS) is 31.1. The molecule has 2 atom stereocenters. The lowest BCUT2D eigenvalue weighted by Gasteiger charge is -2.07. The van der Waals surface area contributed by atoms with Gasteiger partial charge in [-0.25, -0.2) is 0 Å². The van der Waals surface area contributed by atoms with Gasteiger partial charge in [0.2, 0.25) is 0 Å². The van der Waals surface area contributed by atoms with Gasteiger partial charge in [0, 0.05) is 6.54 Å². The van der Waals surface area contributed by atoms with Gasteiger partial charge in [-0.05, 0) is 14.1 Å². The average molecular weight is 141 g/mol. The van der Waals surface area contributed by atoms with Crippen molar-refractivity contribution in [2.24, 2.45) is 0 Å². The SMILES string of the molecule is [B]C1OC1OCCN(C)C. The van der Waals surface area contributed by atoms with Crippen molar-refractivity contribution < 1.29 is 9.47 Å². The van der Waals surface area contributed by atoms with Crippen LogP contribution in [0.3, 0.4) is 0 Å². The Hall–Kier alpha value is -0.0551. The number of hydrogen-bond acceptors (Lipinski definition) is 3. The molecule has 3 nitrogen and oxygen atoms in total. The van der Waals surface area contributed by atoms with E-state index in [-0.39, 0.29) is 12.3 Å². The van der Waals surface area contributed by atoms with Gasteiger partial charge in [0.1, 0.15) is 7.85 Å². The largest absolute Gasteiger partial charge is 0.352 e. The summed E-state index contributed by atoms with van der Waals surface area (Å²) in [7, 11) is 9.32. The quantitative estimate of drug-likeness (QED) is 0.386. The second-order valence-corrected chi connectivity index (χ2v) is 2.64. The molecule has 1 heterocycles. The number of hydrogen-bond donors (Lipinski definition) is 0. The number of nitrogens with zero attached hydrogens (tertiary/aromatic N) is 1. The maximum atomic E-state index is 5.32. The summed E-state index contributed by atoms with van der Waals surface area (Å²) in [6, 6.07) is -0.179. The van der Waals surface area contributed by atoms with Crippen LogP contribution < -0.4 is 0 Å². The Morgan fingerprint density at radius 2 is 2.20 bits per heavy atom. The summed E-state index contributed by atoms with van der Waals surface area (Å²) in [5.74, 6) is 0. The van der Waals surface area contributed by atoms with Crippen molar-refractivity contribution in [3.05, 3.63) is 0 Å². The smallest absolute Gasteiger partial charge is 0.174 e. The maximum Gasteiger partial charge on any atom is 0.174 e. The van der Waals surface area contributed by atoms with E-state index in [1.165, 1.54) is 0 Å². The van der Waals surface area contributed by atoms with E-state index in [2.05, 4.69) is 0 Å². The Morgan fingerprint density at radius 3 is 2.60 bits per heavy atom. The van der Waals surface area contributed by atoms with Crippen LogP contribution in [-0.2, 0) is 9.47 Å². The highest BCUT2D eigenvalue weighted by molar-refractivity contribution is 6.12. The number of epoxide rings is 1. The fourth-order valence-corrected chi connectivity index (χ4v) is 0.595. The predicted octanol–water partition coefficient (Wildman–Crippen LogP) is -0.585. The fourth-order valence-electron chi connectivity index (χ4n) is 0.595. The Balaban J connectivity index is 1.87. The summed E-state index contributed by atoms with van der Waals surface area (Å²) in [5.41, 5.74) is 0. The van der Waals surface area contributed by atoms with Crippen LogP contribution in [0.4, 0.5) is 0 Å². The highest BCUT2D eigenvalue weighted by Gasteiger charge is 2.34. The molecule has 0 aromatic rings. The van der Waals surface area contributed by atoms with E-state index in [9.17, 15) is 0 Å². The molecule has 0 aromatic carbocycles. The third-order valence-electron chi connectivity index (χ3n) is 1.30. The van der Waals surface area contributed by atoms with Gasteiger partial charge in [-0.2, -0.15) is 0 Å². The van der Waals surface area contributed by atoms with Crippen molar-refractivity contribution in [1.29, 1.82) is 0 Å². The van der Waals surface area contributed by atoms with E-state index >= 15 is 0 Å². The number of likely N-dealkylation sites (N-methyl/N-ethyl adjacent to an activating group) is 1. The Labute approximate surface area is 62.7 Å². The minimum Gasteiger partial charge on any atom is -0.352 e. The summed E-state index contributed by atoms with van der Waals surface area (Å²) in [6.07, 6.45) is -0.139. The molecule has 0 saturated carbocycles. The number of rotatable bonds is 4. The highest BCUT2D eigenvalue weighted by Crippen LogP contribution is 2.18. The molecule has 1 saturated heterocycles. The lowest BCUT2D eigenvalue weighted by atomic mass is 10.1. The van der Waals surface area contributed by atoms with Crippen molar-refractivity contribution in [2.75, 3.05) is 27.2 Å². The molecule has 0 bridgehead atoms. The van der Waals surface area contributed by atoms with Crippen molar-refractivity contribution >= 4 is 7.85 Å². The van der Waals surface area contributed by atoms with Crippen LogP contribution in [-0.4, -0.2) is 52.3 Å². The first-order chi connectivity index (χ1) is 4.70. The van der Waals surface area contributed by atoms with E-state index in [4.69, 9.17) is 17.3 Å². The van der Waals surface area contributed by atoms with E-state index in [0.29, 0.717) is 6.61 Å². The molecule has 0 amide bonds. The molecule has 10 heavy (non-hydrogen) atoms. The zero-order valence-electron chi connectivity index (χ0n) is 6.41. The monoisotopic (exact) mass is 141 g/mol. The molecule has 2 unspecified atom stereocenters. The molecule has 2 radical (unpaired) electrons. The summed E-state index contributed by atoms with van der Waals surface area (Å²) in [4.78, 5) is 2.05. The summed E-state index contributed by atoms with van der Waals surface area (Å²) >= 11 is 0. The third kappa shape index (κ3) is 2.69. The van der Waals surface area contributed by atoms with Crippen LogP contribution in [0, 0.1) is 0 Å². The minimum absolute atomic E-state index is 0.139. The summed E-state index contributed by atoms with van der Waals surface area (Å²) < 4.78 is 10.0. The first-order valence-electron chi connectivity index (χ1n) is 3.37. The predicted molar refractivity (Wildman–Crippen MR) is 38.9 cm³/mol. The molecule has 0 aliphatic carbocycles. The molecule has 56 valence electrons. The van der Waals surface area contributed by atoms with Crippen molar-refractivity contribution in [2.45, 2.75) is 12.3 Å². The van der Waals surface area contributed by atoms with Crippen LogP contribution >= 0.6 is 0 Å². The topological polar surface area (TPSA) is 25.0 Å². The molecule has 0 aromatic heterocycles. The van der Waals surface area contributed by atoms with Crippen LogP contribution in [0.15, 0.2) is 0 Å². The zero-order valence-corrected chi connectivity index (χ0v) is 6.41.